The number of aryl methyl sites for hydroxylation is 1. The number of amides is 2. The number of thiocarbonyl (C=S) groups is 1. The number of anilines is 1. The summed E-state index contributed by atoms with van der Waals surface area (Å²) in [6.07, 6.45) is 2.30. The van der Waals surface area contributed by atoms with Gasteiger partial charge in [-0.15, -0.1) is 0 Å². The van der Waals surface area contributed by atoms with Gasteiger partial charge in [-0.1, -0.05) is 48.9 Å². The van der Waals surface area contributed by atoms with Crippen LogP contribution in [0.4, 0.5) is 5.69 Å². The fourth-order valence-corrected chi connectivity index (χ4v) is 4.14. The van der Waals surface area contributed by atoms with Gasteiger partial charge in [-0.2, -0.15) is 0 Å². The third-order valence-electron chi connectivity index (χ3n) is 5.54. The molecule has 0 spiro atoms. The average Bonchev–Trinajstić information content (AvgIpc) is 2.86. The van der Waals surface area contributed by atoms with Crippen LogP contribution in [0.2, 0.25) is 5.02 Å². The standard InChI is InChI=1S/C27H21ClN2O5S/c1-2-16-6-9-20(10-7-16)30-25(32)21(24(31)29-27(30)36)13-17-8-11-23(22(28)14-17)35-15-18-4-3-5-19(12-18)26(33)34/h3-14H,2,15H2,1H3,(H,33,34)(H,29,31,36)/b21-13+. The van der Waals surface area contributed by atoms with Gasteiger partial charge in [-0.25, -0.2) is 4.79 Å². The quantitative estimate of drug-likeness (QED) is 0.258. The Bertz CT molecular complexity index is 1400. The molecule has 0 unspecified atom stereocenters. The number of hydrogen-bond donors (Lipinski definition) is 2. The molecule has 0 bridgehead atoms. The molecule has 3 aromatic rings. The SMILES string of the molecule is CCc1ccc(N2C(=O)/C(=C/c3ccc(OCc4cccc(C(=O)O)c4)c(Cl)c3)C(=O)NC2=S)cc1. The fourth-order valence-electron chi connectivity index (χ4n) is 3.62. The second kappa shape index (κ2) is 10.7. The zero-order chi connectivity index (χ0) is 25.8. The summed E-state index contributed by atoms with van der Waals surface area (Å²) in [5.74, 6) is -1.78. The largest absolute Gasteiger partial charge is 0.487 e. The van der Waals surface area contributed by atoms with E-state index in [0.717, 1.165) is 12.0 Å². The molecule has 1 heterocycles. The van der Waals surface area contributed by atoms with Crippen molar-refractivity contribution in [2.24, 2.45) is 0 Å². The van der Waals surface area contributed by atoms with Gasteiger partial charge in [0.15, 0.2) is 5.11 Å². The Labute approximate surface area is 217 Å². The predicted octanol–water partition coefficient (Wildman–Crippen LogP) is 5.01. The molecule has 7 nitrogen and oxygen atoms in total. The molecule has 2 N–H and O–H groups in total. The van der Waals surface area contributed by atoms with E-state index < -0.39 is 17.8 Å². The third kappa shape index (κ3) is 5.45. The molecule has 0 atom stereocenters. The molecule has 2 amide bonds. The van der Waals surface area contributed by atoms with Crippen LogP contribution in [0, 0.1) is 0 Å². The summed E-state index contributed by atoms with van der Waals surface area (Å²) in [6.45, 7) is 2.15. The van der Waals surface area contributed by atoms with Crippen molar-refractivity contribution in [1.29, 1.82) is 0 Å². The molecule has 0 aromatic heterocycles. The van der Waals surface area contributed by atoms with E-state index >= 15 is 0 Å². The summed E-state index contributed by atoms with van der Waals surface area (Å²) in [7, 11) is 0. The summed E-state index contributed by atoms with van der Waals surface area (Å²) in [5, 5.41) is 12.0. The highest BCUT2D eigenvalue weighted by molar-refractivity contribution is 7.80. The van der Waals surface area contributed by atoms with Gasteiger partial charge in [-0.3, -0.25) is 19.8 Å². The number of nitrogens with zero attached hydrogens (tertiary/aromatic N) is 1. The molecule has 0 saturated carbocycles. The van der Waals surface area contributed by atoms with E-state index in [0.29, 0.717) is 22.6 Å². The number of carbonyl (C=O) groups is 3. The number of benzene rings is 3. The summed E-state index contributed by atoms with van der Waals surface area (Å²) < 4.78 is 5.74. The van der Waals surface area contributed by atoms with Crippen molar-refractivity contribution >= 4 is 58.5 Å². The van der Waals surface area contributed by atoms with Crippen molar-refractivity contribution in [1.82, 2.24) is 5.32 Å². The lowest BCUT2D eigenvalue weighted by molar-refractivity contribution is -0.122. The van der Waals surface area contributed by atoms with Crippen molar-refractivity contribution in [3.8, 4) is 5.75 Å². The van der Waals surface area contributed by atoms with E-state index in [-0.39, 0.29) is 27.9 Å². The number of aromatic carboxylic acids is 1. The Kier molecular flexibility index (Phi) is 7.47. The minimum Gasteiger partial charge on any atom is -0.487 e. The molecular formula is C27H21ClN2O5S. The Hall–Kier alpha value is -4.01. The Morgan fingerprint density at radius 3 is 2.50 bits per heavy atom. The lowest BCUT2D eigenvalue weighted by atomic mass is 10.1. The van der Waals surface area contributed by atoms with Crippen LogP contribution in [0.1, 0.15) is 34.0 Å². The van der Waals surface area contributed by atoms with Crippen LogP contribution in [0.5, 0.6) is 5.75 Å². The van der Waals surface area contributed by atoms with E-state index in [4.69, 9.17) is 33.7 Å². The lowest BCUT2D eigenvalue weighted by Gasteiger charge is -2.29. The topological polar surface area (TPSA) is 95.9 Å². The molecule has 3 aromatic carbocycles. The molecule has 4 rings (SSSR count). The Balaban J connectivity index is 1.53. The maximum absolute atomic E-state index is 13.2. The zero-order valence-corrected chi connectivity index (χ0v) is 20.7. The maximum atomic E-state index is 13.2. The van der Waals surface area contributed by atoms with E-state index in [1.807, 2.05) is 19.1 Å². The number of ether oxygens (including phenoxy) is 1. The molecule has 1 saturated heterocycles. The summed E-state index contributed by atoms with van der Waals surface area (Å²) >= 11 is 11.6. The second-order valence-corrected chi connectivity index (χ2v) is 8.76. The smallest absolute Gasteiger partial charge is 0.335 e. The van der Waals surface area contributed by atoms with Gasteiger partial charge in [0.2, 0.25) is 0 Å². The lowest BCUT2D eigenvalue weighted by Crippen LogP contribution is -2.54. The van der Waals surface area contributed by atoms with Gasteiger partial charge in [0.1, 0.15) is 17.9 Å². The van der Waals surface area contributed by atoms with Gasteiger partial charge in [0.25, 0.3) is 11.8 Å². The third-order valence-corrected chi connectivity index (χ3v) is 6.12. The fraction of sp³-hybridized carbons (Fsp3) is 0.111. The highest BCUT2D eigenvalue weighted by Crippen LogP contribution is 2.29. The van der Waals surface area contributed by atoms with E-state index in [1.54, 1.807) is 42.5 Å². The number of carbonyl (C=O) groups excluding carboxylic acids is 2. The van der Waals surface area contributed by atoms with Gasteiger partial charge in [-0.05, 0) is 77.8 Å². The second-order valence-electron chi connectivity index (χ2n) is 7.96. The number of nitrogens with one attached hydrogen (secondary N) is 1. The first kappa shape index (κ1) is 25.1. The first-order valence-corrected chi connectivity index (χ1v) is 11.8. The van der Waals surface area contributed by atoms with Crippen LogP contribution in [-0.2, 0) is 22.6 Å². The Morgan fingerprint density at radius 2 is 1.83 bits per heavy atom. The average molecular weight is 521 g/mol. The van der Waals surface area contributed by atoms with Crippen molar-refractivity contribution in [3.63, 3.8) is 0 Å². The van der Waals surface area contributed by atoms with Crippen molar-refractivity contribution in [3.05, 3.63) is 99.6 Å². The van der Waals surface area contributed by atoms with Crippen LogP contribution in [-0.4, -0.2) is 28.0 Å². The summed E-state index contributed by atoms with van der Waals surface area (Å²) in [4.78, 5) is 38.2. The van der Waals surface area contributed by atoms with Gasteiger partial charge in [0, 0.05) is 0 Å². The van der Waals surface area contributed by atoms with Crippen LogP contribution in [0.3, 0.4) is 0 Å². The van der Waals surface area contributed by atoms with E-state index in [2.05, 4.69) is 5.32 Å². The van der Waals surface area contributed by atoms with Crippen LogP contribution < -0.4 is 15.0 Å². The van der Waals surface area contributed by atoms with E-state index in [1.165, 1.54) is 23.1 Å². The molecule has 0 radical (unpaired) electrons. The number of hydrogen-bond acceptors (Lipinski definition) is 5. The first-order valence-electron chi connectivity index (χ1n) is 11.0. The normalized spacial score (nSPS) is 14.7. The number of carboxylic acids is 1. The Morgan fingerprint density at radius 1 is 1.08 bits per heavy atom. The van der Waals surface area contributed by atoms with E-state index in [9.17, 15) is 14.4 Å². The molecule has 1 aliphatic rings. The van der Waals surface area contributed by atoms with Crippen LogP contribution in [0.15, 0.2) is 72.3 Å². The molecule has 1 fully saturated rings. The minimum absolute atomic E-state index is 0.0140. The van der Waals surface area contributed by atoms with Crippen molar-refractivity contribution in [2.45, 2.75) is 20.0 Å². The molecule has 182 valence electrons. The monoisotopic (exact) mass is 520 g/mol. The minimum atomic E-state index is -1.02. The maximum Gasteiger partial charge on any atom is 0.335 e. The molecule has 9 heteroatoms. The number of rotatable bonds is 7. The summed E-state index contributed by atoms with van der Waals surface area (Å²) in [5.41, 5.74) is 2.94. The molecule has 1 aliphatic heterocycles. The zero-order valence-electron chi connectivity index (χ0n) is 19.2. The van der Waals surface area contributed by atoms with Gasteiger partial charge < -0.3 is 9.84 Å². The van der Waals surface area contributed by atoms with Crippen molar-refractivity contribution in [2.75, 3.05) is 4.90 Å². The van der Waals surface area contributed by atoms with Gasteiger partial charge in [0.05, 0.1) is 16.3 Å². The summed E-state index contributed by atoms with van der Waals surface area (Å²) in [6, 6.07) is 18.6. The first-order chi connectivity index (χ1) is 17.3. The predicted molar refractivity (Wildman–Crippen MR) is 141 cm³/mol. The number of halogens is 1. The van der Waals surface area contributed by atoms with Crippen molar-refractivity contribution < 1.29 is 24.2 Å². The molecular weight excluding hydrogens is 500 g/mol. The highest BCUT2D eigenvalue weighted by Gasteiger charge is 2.34. The molecule has 36 heavy (non-hydrogen) atoms. The van der Waals surface area contributed by atoms with Gasteiger partial charge >= 0.3 is 5.97 Å². The number of carboxylic acid groups (broad SMARTS) is 1. The molecule has 0 aliphatic carbocycles. The highest BCUT2D eigenvalue weighted by atomic mass is 35.5. The van der Waals surface area contributed by atoms with Crippen LogP contribution in [0.25, 0.3) is 6.08 Å². The van der Waals surface area contributed by atoms with Crippen LogP contribution >= 0.6 is 23.8 Å².